The number of H-pyrrole nitrogens is 1. The van der Waals surface area contributed by atoms with Gasteiger partial charge in [0, 0.05) is 24.5 Å². The normalized spacial score (nSPS) is 18.1. The highest BCUT2D eigenvalue weighted by Gasteiger charge is 2.24. The van der Waals surface area contributed by atoms with Crippen molar-refractivity contribution in [1.29, 1.82) is 0 Å². The maximum Gasteiger partial charge on any atom is 0.213 e. The minimum atomic E-state index is 1.07. The van der Waals surface area contributed by atoms with E-state index in [1.54, 1.807) is 11.3 Å². The topological polar surface area (TPSA) is 32.6 Å². The number of thiazole rings is 1. The molecule has 2 aromatic rings. The molecular formula is C14H16N3S+. The SMILES string of the molecule is C1=C([n+]2cc3c([nH]2)CCCC3)CCc2ncsc21. The molecule has 0 unspecified atom stereocenters. The maximum absolute atomic E-state index is 4.40. The number of rotatable bonds is 1. The van der Waals surface area contributed by atoms with Crippen LogP contribution in [0.4, 0.5) is 0 Å². The van der Waals surface area contributed by atoms with Crippen LogP contribution in [0.1, 0.15) is 41.1 Å². The zero-order valence-corrected chi connectivity index (χ0v) is 11.1. The van der Waals surface area contributed by atoms with Crippen LogP contribution in [0.25, 0.3) is 11.8 Å². The minimum Gasteiger partial charge on any atom is -0.249 e. The quantitative estimate of drug-likeness (QED) is 0.783. The lowest BCUT2D eigenvalue weighted by atomic mass is 9.99. The summed E-state index contributed by atoms with van der Waals surface area (Å²) in [7, 11) is 0. The Labute approximate surface area is 110 Å². The number of allylic oxidation sites excluding steroid dienone is 1. The molecule has 0 fully saturated rings. The first-order chi connectivity index (χ1) is 8.90. The molecule has 0 aliphatic heterocycles. The average Bonchev–Trinajstić information content (AvgIpc) is 3.04. The highest BCUT2D eigenvalue weighted by atomic mass is 32.1. The van der Waals surface area contributed by atoms with E-state index in [1.807, 2.05) is 5.51 Å². The second kappa shape index (κ2) is 4.05. The van der Waals surface area contributed by atoms with Gasteiger partial charge in [0.15, 0.2) is 0 Å². The lowest BCUT2D eigenvalue weighted by Crippen LogP contribution is -2.34. The van der Waals surface area contributed by atoms with E-state index in [0.29, 0.717) is 0 Å². The molecule has 2 aromatic heterocycles. The number of hydrogen-bond donors (Lipinski definition) is 1. The Morgan fingerprint density at radius 3 is 3.06 bits per heavy atom. The van der Waals surface area contributed by atoms with E-state index in [2.05, 4.69) is 27.0 Å². The molecule has 92 valence electrons. The van der Waals surface area contributed by atoms with Gasteiger partial charge in [-0.05, 0) is 25.7 Å². The summed E-state index contributed by atoms with van der Waals surface area (Å²) in [6.45, 7) is 0. The van der Waals surface area contributed by atoms with E-state index >= 15 is 0 Å². The summed E-state index contributed by atoms with van der Waals surface area (Å²) in [6.07, 6.45) is 11.8. The van der Waals surface area contributed by atoms with E-state index in [9.17, 15) is 0 Å². The summed E-state index contributed by atoms with van der Waals surface area (Å²) in [5, 5.41) is 3.56. The van der Waals surface area contributed by atoms with Crippen molar-refractivity contribution in [2.24, 2.45) is 0 Å². The van der Waals surface area contributed by atoms with E-state index < -0.39 is 0 Å². The van der Waals surface area contributed by atoms with Crippen molar-refractivity contribution in [2.45, 2.75) is 38.5 Å². The summed E-state index contributed by atoms with van der Waals surface area (Å²) < 4.78 is 2.23. The van der Waals surface area contributed by atoms with Crippen molar-refractivity contribution in [1.82, 2.24) is 10.1 Å². The first kappa shape index (κ1) is 10.5. The van der Waals surface area contributed by atoms with Crippen molar-refractivity contribution in [3.05, 3.63) is 33.5 Å². The molecule has 1 N–H and O–H groups in total. The molecule has 0 amide bonds. The Bertz CT molecular complexity index is 597. The van der Waals surface area contributed by atoms with Gasteiger partial charge in [-0.25, -0.2) is 4.98 Å². The predicted octanol–water partition coefficient (Wildman–Crippen LogP) is 2.58. The lowest BCUT2D eigenvalue weighted by molar-refractivity contribution is -0.643. The van der Waals surface area contributed by atoms with E-state index in [1.165, 1.54) is 53.2 Å². The van der Waals surface area contributed by atoms with Gasteiger partial charge in [-0.3, -0.25) is 0 Å². The zero-order valence-electron chi connectivity index (χ0n) is 10.3. The number of fused-ring (bicyclic) bond motifs is 2. The van der Waals surface area contributed by atoms with Crippen LogP contribution in [0.15, 0.2) is 11.7 Å². The Balaban J connectivity index is 1.74. The molecule has 0 atom stereocenters. The number of aromatic nitrogens is 3. The van der Waals surface area contributed by atoms with E-state index in [4.69, 9.17) is 0 Å². The Morgan fingerprint density at radius 2 is 2.11 bits per heavy atom. The number of nitrogens with one attached hydrogen (secondary N) is 1. The Morgan fingerprint density at radius 1 is 1.17 bits per heavy atom. The summed E-state index contributed by atoms with van der Waals surface area (Å²) in [6, 6.07) is 0. The van der Waals surface area contributed by atoms with Gasteiger partial charge in [-0.2, -0.15) is 5.10 Å². The molecule has 0 saturated heterocycles. The van der Waals surface area contributed by atoms with Gasteiger partial charge in [0.25, 0.3) is 0 Å². The fraction of sp³-hybridized carbons (Fsp3) is 0.429. The molecule has 0 radical (unpaired) electrons. The first-order valence-corrected chi connectivity index (χ1v) is 7.54. The fourth-order valence-electron chi connectivity index (χ4n) is 2.93. The number of nitrogens with zero attached hydrogens (tertiary/aromatic N) is 2. The van der Waals surface area contributed by atoms with Crippen LogP contribution >= 0.6 is 11.3 Å². The Hall–Kier alpha value is -1.42. The zero-order chi connectivity index (χ0) is 11.9. The monoisotopic (exact) mass is 258 g/mol. The van der Waals surface area contributed by atoms with Crippen LogP contribution in [0.2, 0.25) is 0 Å². The summed E-state index contributed by atoms with van der Waals surface area (Å²) >= 11 is 1.74. The predicted molar refractivity (Wildman–Crippen MR) is 72.2 cm³/mol. The molecule has 2 heterocycles. The molecular weight excluding hydrogens is 242 g/mol. The maximum atomic E-state index is 4.40. The van der Waals surface area contributed by atoms with Crippen LogP contribution in [-0.2, 0) is 19.3 Å². The molecule has 4 heteroatoms. The number of hydrogen-bond acceptors (Lipinski definition) is 2. The highest BCUT2D eigenvalue weighted by Crippen LogP contribution is 2.26. The molecule has 0 spiro atoms. The van der Waals surface area contributed by atoms with Crippen LogP contribution in [0.3, 0.4) is 0 Å². The van der Waals surface area contributed by atoms with Crippen molar-refractivity contribution in [3.63, 3.8) is 0 Å². The van der Waals surface area contributed by atoms with Gasteiger partial charge < -0.3 is 0 Å². The number of aryl methyl sites for hydroxylation is 3. The first-order valence-electron chi connectivity index (χ1n) is 6.66. The van der Waals surface area contributed by atoms with Crippen molar-refractivity contribution in [3.8, 4) is 0 Å². The van der Waals surface area contributed by atoms with Gasteiger partial charge in [-0.15, -0.1) is 11.3 Å². The third-order valence-electron chi connectivity index (χ3n) is 3.95. The minimum absolute atomic E-state index is 1.07. The second-order valence-corrected chi connectivity index (χ2v) is 6.01. The third kappa shape index (κ3) is 1.63. The van der Waals surface area contributed by atoms with Gasteiger partial charge in [0.05, 0.1) is 21.8 Å². The molecule has 4 rings (SSSR count). The number of aromatic amines is 1. The van der Waals surface area contributed by atoms with Gasteiger partial charge >= 0.3 is 0 Å². The van der Waals surface area contributed by atoms with Crippen molar-refractivity contribution < 1.29 is 4.68 Å². The largest absolute Gasteiger partial charge is 0.249 e. The van der Waals surface area contributed by atoms with Gasteiger partial charge in [0.2, 0.25) is 11.9 Å². The van der Waals surface area contributed by atoms with Crippen molar-refractivity contribution >= 4 is 23.1 Å². The van der Waals surface area contributed by atoms with Crippen LogP contribution < -0.4 is 4.68 Å². The van der Waals surface area contributed by atoms with Crippen LogP contribution in [-0.4, -0.2) is 10.1 Å². The van der Waals surface area contributed by atoms with Gasteiger partial charge in [0.1, 0.15) is 0 Å². The molecule has 0 aromatic carbocycles. The third-order valence-corrected chi connectivity index (χ3v) is 4.77. The molecule has 0 bridgehead atoms. The fourth-order valence-corrected chi connectivity index (χ4v) is 3.72. The molecule has 2 aliphatic rings. The van der Waals surface area contributed by atoms with Crippen LogP contribution in [0.5, 0.6) is 0 Å². The molecule has 0 saturated carbocycles. The van der Waals surface area contributed by atoms with E-state index in [0.717, 1.165) is 12.8 Å². The lowest BCUT2D eigenvalue weighted by Gasteiger charge is -2.05. The summed E-state index contributed by atoms with van der Waals surface area (Å²) in [4.78, 5) is 5.73. The van der Waals surface area contributed by atoms with Crippen molar-refractivity contribution in [2.75, 3.05) is 0 Å². The molecule has 3 nitrogen and oxygen atoms in total. The van der Waals surface area contributed by atoms with E-state index in [-0.39, 0.29) is 0 Å². The average molecular weight is 258 g/mol. The van der Waals surface area contributed by atoms with Gasteiger partial charge in [-0.1, -0.05) is 4.68 Å². The smallest absolute Gasteiger partial charge is 0.213 e. The van der Waals surface area contributed by atoms with Crippen LogP contribution in [0, 0.1) is 0 Å². The summed E-state index contributed by atoms with van der Waals surface area (Å²) in [5.41, 5.74) is 7.55. The second-order valence-electron chi connectivity index (χ2n) is 5.12. The highest BCUT2D eigenvalue weighted by molar-refractivity contribution is 7.10. The Kier molecular flexibility index (Phi) is 2.36. The summed E-state index contributed by atoms with van der Waals surface area (Å²) in [5.74, 6) is 0. The molecule has 18 heavy (non-hydrogen) atoms. The standard InChI is InChI=1S/C14H15N3S/c1-2-4-12-10(3-1)8-17(16-12)11-5-6-13-14(7-11)18-9-15-13/h7-9H,1-6H2/p+1. The molecule has 2 aliphatic carbocycles.